The van der Waals surface area contributed by atoms with Crippen molar-refractivity contribution < 1.29 is 4.57 Å². The Morgan fingerprint density at radius 1 is 0.740 bits per heavy atom. The zero-order chi connectivity index (χ0) is 33.9. The summed E-state index contributed by atoms with van der Waals surface area (Å²) in [6.07, 6.45) is 11.8. The van der Waals surface area contributed by atoms with Crippen molar-refractivity contribution in [3.05, 3.63) is 114 Å². The van der Waals surface area contributed by atoms with Crippen LogP contribution in [0.2, 0.25) is 0 Å². The number of anilines is 3. The summed E-state index contributed by atoms with van der Waals surface area (Å²) in [5.74, 6) is 0. The molecule has 0 saturated heterocycles. The Balaban J connectivity index is 0.925. The zero-order valence-corrected chi connectivity index (χ0v) is 28.6. The van der Waals surface area contributed by atoms with Gasteiger partial charge in [-0.25, -0.2) is 4.68 Å². The molecular weight excluding hydrogens is 617 g/mol. The summed E-state index contributed by atoms with van der Waals surface area (Å²) < 4.78 is 4.54. The first kappa shape index (κ1) is 31.7. The summed E-state index contributed by atoms with van der Waals surface area (Å²) >= 11 is 0. The Kier molecular flexibility index (Phi) is 8.99. The lowest BCUT2D eigenvalue weighted by Crippen LogP contribution is -2.37. The Bertz CT molecular complexity index is 2290. The van der Waals surface area contributed by atoms with Crippen molar-refractivity contribution in [2.45, 2.75) is 70.9 Å². The molecule has 50 heavy (non-hydrogen) atoms. The Labute approximate surface area is 293 Å². The maximum absolute atomic E-state index is 6.36. The predicted octanol–water partition coefficient (Wildman–Crippen LogP) is 8.05. The maximum atomic E-state index is 6.36. The molecule has 0 atom stereocenters. The molecule has 0 spiro atoms. The molecule has 1 aliphatic rings. The Morgan fingerprint density at radius 3 is 2.42 bits per heavy atom. The minimum absolute atomic E-state index is 0.768. The number of unbranched alkanes of at least 4 members (excludes halogenated alkanes) is 3. The van der Waals surface area contributed by atoms with Crippen molar-refractivity contribution in [3.8, 4) is 11.3 Å². The second kappa shape index (κ2) is 14.2. The molecule has 5 N–H and O–H groups in total. The van der Waals surface area contributed by atoms with Gasteiger partial charge in [-0.3, -0.25) is 4.98 Å². The lowest BCUT2D eigenvalue weighted by atomic mass is 9.92. The van der Waals surface area contributed by atoms with Gasteiger partial charge in [0, 0.05) is 71.1 Å². The number of benzene rings is 4. The Morgan fingerprint density at radius 2 is 1.52 bits per heavy atom. The monoisotopic (exact) mass is 661 g/mol. The molecule has 0 bridgehead atoms. The molecule has 0 aliphatic heterocycles. The number of nitrogens with two attached hydrogens (primary N) is 2. The number of nitrogens with one attached hydrogen (secondary N) is 1. The highest BCUT2D eigenvalue weighted by atomic mass is 15.4. The topological polar surface area (TPSA) is 112 Å². The smallest absolute Gasteiger partial charge is 0.220 e. The van der Waals surface area contributed by atoms with E-state index in [4.69, 9.17) is 16.5 Å². The van der Waals surface area contributed by atoms with Gasteiger partial charge in [0.2, 0.25) is 11.2 Å². The number of aromatic nitrogens is 5. The van der Waals surface area contributed by atoms with Crippen LogP contribution in [-0.2, 0) is 32.4 Å². The molecule has 8 nitrogen and oxygen atoms in total. The van der Waals surface area contributed by atoms with Crippen LogP contribution in [0.1, 0.15) is 55.5 Å². The summed E-state index contributed by atoms with van der Waals surface area (Å²) in [6.45, 7) is 2.60. The third-order valence-corrected chi connectivity index (χ3v) is 10.3. The first-order valence-corrected chi connectivity index (χ1v) is 18.2. The van der Waals surface area contributed by atoms with Crippen molar-refractivity contribution in [2.24, 2.45) is 0 Å². The number of para-hydroxylation sites is 1. The van der Waals surface area contributed by atoms with Gasteiger partial charge < -0.3 is 16.8 Å². The fraction of sp³-hybridized carbons (Fsp3) is 0.286. The van der Waals surface area contributed by atoms with E-state index in [9.17, 15) is 0 Å². The van der Waals surface area contributed by atoms with Gasteiger partial charge in [-0.2, -0.15) is 4.57 Å². The van der Waals surface area contributed by atoms with Crippen LogP contribution in [0, 0.1) is 0 Å². The van der Waals surface area contributed by atoms with E-state index in [0.717, 1.165) is 87.0 Å². The quantitative estimate of drug-likeness (QED) is 0.0529. The van der Waals surface area contributed by atoms with Gasteiger partial charge in [0.05, 0.1) is 28.2 Å². The van der Waals surface area contributed by atoms with Crippen LogP contribution in [0.5, 0.6) is 0 Å². The molecule has 252 valence electrons. The SMILES string of the molecule is Nc1ccc2c(c1)c(-c1ccccc1)[n+](CCCCCCn1nncc1CCNc1c3c(nc4ccccc14)CCCC3)c1cc(N)ccc21. The van der Waals surface area contributed by atoms with Crippen LogP contribution in [0.25, 0.3) is 43.8 Å². The number of hydrogen-bond donors (Lipinski definition) is 3. The van der Waals surface area contributed by atoms with Gasteiger partial charge in [-0.15, -0.1) is 5.10 Å². The minimum Gasteiger partial charge on any atom is -0.399 e. The van der Waals surface area contributed by atoms with E-state index in [0.29, 0.717) is 0 Å². The Hall–Kier alpha value is -5.50. The predicted molar refractivity (Wildman–Crippen MR) is 205 cm³/mol. The second-order valence-corrected chi connectivity index (χ2v) is 13.6. The molecule has 3 aromatic heterocycles. The van der Waals surface area contributed by atoms with Crippen molar-refractivity contribution >= 4 is 49.6 Å². The van der Waals surface area contributed by atoms with E-state index in [1.807, 2.05) is 18.3 Å². The standard InChI is InChI=1S/C42H44N8/c43-30-18-20-33-34-21-19-31(44)27-40(34)49(42(37(33)26-30)29-12-4-3-5-13-29)24-10-1-2-11-25-50-32(28-46-48-50)22-23-45-41-35-14-6-8-16-38(35)47-39-17-9-7-15-36(39)41/h3-6,8,12-14,16,18-21,26-28,44H,1-2,7,9-11,15,17,22-25,43H2,(H,45,47)/p+1. The molecule has 7 aromatic rings. The van der Waals surface area contributed by atoms with Crippen LogP contribution >= 0.6 is 0 Å². The molecule has 3 heterocycles. The fourth-order valence-corrected chi connectivity index (χ4v) is 7.83. The normalized spacial score (nSPS) is 12.9. The van der Waals surface area contributed by atoms with Gasteiger partial charge in [0.25, 0.3) is 0 Å². The lowest BCUT2D eigenvalue weighted by molar-refractivity contribution is -0.659. The van der Waals surface area contributed by atoms with E-state index in [1.165, 1.54) is 68.3 Å². The number of aryl methyl sites for hydroxylation is 3. The molecule has 8 heteroatoms. The van der Waals surface area contributed by atoms with Crippen molar-refractivity contribution in [1.82, 2.24) is 20.0 Å². The maximum Gasteiger partial charge on any atom is 0.220 e. The molecular formula is C42H45N8+. The molecule has 0 unspecified atom stereocenters. The van der Waals surface area contributed by atoms with Gasteiger partial charge in [-0.05, 0) is 86.6 Å². The van der Waals surface area contributed by atoms with Gasteiger partial charge in [0.1, 0.15) is 6.54 Å². The third kappa shape index (κ3) is 6.33. The van der Waals surface area contributed by atoms with Gasteiger partial charge in [-0.1, -0.05) is 54.1 Å². The van der Waals surface area contributed by atoms with E-state index in [2.05, 4.69) is 104 Å². The van der Waals surface area contributed by atoms with E-state index >= 15 is 0 Å². The summed E-state index contributed by atoms with van der Waals surface area (Å²) in [6, 6.07) is 31.7. The molecule has 0 amide bonds. The highest BCUT2D eigenvalue weighted by Crippen LogP contribution is 2.35. The van der Waals surface area contributed by atoms with Crippen molar-refractivity contribution in [1.29, 1.82) is 0 Å². The summed E-state index contributed by atoms with van der Waals surface area (Å²) in [5, 5.41) is 17.3. The highest BCUT2D eigenvalue weighted by molar-refractivity contribution is 6.10. The van der Waals surface area contributed by atoms with Crippen molar-refractivity contribution in [3.63, 3.8) is 0 Å². The van der Waals surface area contributed by atoms with E-state index in [1.54, 1.807) is 0 Å². The number of nitrogen functional groups attached to an aromatic ring is 2. The van der Waals surface area contributed by atoms with Crippen LogP contribution in [0.4, 0.5) is 17.1 Å². The van der Waals surface area contributed by atoms with Crippen LogP contribution in [0.3, 0.4) is 0 Å². The van der Waals surface area contributed by atoms with Crippen LogP contribution < -0.4 is 21.4 Å². The first-order chi connectivity index (χ1) is 24.6. The summed E-state index contributed by atoms with van der Waals surface area (Å²) in [7, 11) is 0. The van der Waals surface area contributed by atoms with Crippen molar-refractivity contribution in [2.75, 3.05) is 23.3 Å². The van der Waals surface area contributed by atoms with E-state index < -0.39 is 0 Å². The lowest BCUT2D eigenvalue weighted by Gasteiger charge is -2.21. The van der Waals surface area contributed by atoms with Crippen LogP contribution in [-0.4, -0.2) is 26.5 Å². The number of pyridine rings is 2. The number of fused-ring (bicyclic) bond motifs is 5. The fourth-order valence-electron chi connectivity index (χ4n) is 7.83. The first-order valence-electron chi connectivity index (χ1n) is 18.2. The number of hydrogen-bond acceptors (Lipinski definition) is 6. The van der Waals surface area contributed by atoms with Gasteiger partial charge >= 0.3 is 0 Å². The summed E-state index contributed by atoms with van der Waals surface area (Å²) in [4.78, 5) is 5.00. The largest absolute Gasteiger partial charge is 0.399 e. The molecule has 1 aliphatic carbocycles. The van der Waals surface area contributed by atoms with Gasteiger partial charge in [0.15, 0.2) is 0 Å². The third-order valence-electron chi connectivity index (χ3n) is 10.3. The zero-order valence-electron chi connectivity index (χ0n) is 28.6. The molecule has 8 rings (SSSR count). The number of nitrogens with zero attached hydrogens (tertiary/aromatic N) is 5. The van der Waals surface area contributed by atoms with E-state index in [-0.39, 0.29) is 0 Å². The van der Waals surface area contributed by atoms with Crippen LogP contribution in [0.15, 0.2) is 97.2 Å². The molecule has 0 saturated carbocycles. The minimum atomic E-state index is 0.768. The average Bonchev–Trinajstić information content (AvgIpc) is 3.59. The molecule has 0 fully saturated rings. The molecule has 0 radical (unpaired) electrons. The summed E-state index contributed by atoms with van der Waals surface area (Å²) in [5.41, 5.74) is 24.0. The number of rotatable bonds is 12. The second-order valence-electron chi connectivity index (χ2n) is 13.6. The highest BCUT2D eigenvalue weighted by Gasteiger charge is 2.24. The molecule has 4 aromatic carbocycles. The average molecular weight is 662 g/mol.